The summed E-state index contributed by atoms with van der Waals surface area (Å²) < 4.78 is 22.9. The Morgan fingerprint density at radius 3 is 1.59 bits per heavy atom. The normalized spacial score (nSPS) is 25.3. The second-order valence-corrected chi connectivity index (χ2v) is 24.2. The van der Waals surface area contributed by atoms with E-state index in [1.54, 1.807) is 0 Å². The van der Waals surface area contributed by atoms with Gasteiger partial charge in [-0.3, -0.25) is 14.0 Å². The van der Waals surface area contributed by atoms with E-state index in [1.807, 2.05) is 0 Å². The Morgan fingerprint density at radius 1 is 0.707 bits per heavy atom. The van der Waals surface area contributed by atoms with Gasteiger partial charge in [0, 0.05) is 76.1 Å². The predicted molar refractivity (Wildman–Crippen MR) is 183 cm³/mol. The lowest BCUT2D eigenvalue weighted by molar-refractivity contribution is 0.168. The van der Waals surface area contributed by atoms with Gasteiger partial charge in [0.2, 0.25) is 0 Å². The van der Waals surface area contributed by atoms with E-state index in [0.717, 1.165) is 52.4 Å². The second-order valence-electron chi connectivity index (χ2n) is 14.8. The molecule has 0 radical (unpaired) electrons. The first-order chi connectivity index (χ1) is 19.2. The first kappa shape index (κ1) is 34.6. The molecule has 4 aliphatic heterocycles. The van der Waals surface area contributed by atoms with E-state index in [4.69, 9.17) is 10.0 Å². The minimum atomic E-state index is -2.32. The fourth-order valence-electron chi connectivity index (χ4n) is 7.07. The van der Waals surface area contributed by atoms with Gasteiger partial charge in [0.15, 0.2) is 7.36 Å². The Morgan fingerprint density at radius 2 is 1.15 bits per heavy atom. The molecule has 0 saturated carbocycles. The van der Waals surface area contributed by atoms with Crippen LogP contribution in [0.4, 0.5) is 0 Å². The van der Waals surface area contributed by atoms with E-state index >= 15 is 0 Å². The fraction of sp³-hybridized carbons (Fsp3) is 1.00. The number of hydrogen-bond acceptors (Lipinski definition) is 7. The SMILES string of the molecule is CN(CCN(C)C(C)(C)C)P(N1CCCC1)N(C)P(=N[P+](N)(N1CCCC1)N1CCCC1)(N1CCCC1)C(C)(C)C. The zero-order chi connectivity index (χ0) is 30.1. The van der Waals surface area contributed by atoms with Gasteiger partial charge < -0.3 is 4.90 Å². The third-order valence-corrected chi connectivity index (χ3v) is 21.6. The molecule has 0 aromatic heterocycles. The van der Waals surface area contributed by atoms with Crippen LogP contribution in [0.15, 0.2) is 4.52 Å². The molecule has 240 valence electrons. The van der Waals surface area contributed by atoms with E-state index in [9.17, 15) is 0 Å². The second kappa shape index (κ2) is 14.0. The number of nitrogens with zero attached hydrogens (tertiary/aromatic N) is 8. The van der Waals surface area contributed by atoms with Crippen molar-refractivity contribution >= 4 is 23.6 Å². The molecule has 12 heteroatoms. The summed E-state index contributed by atoms with van der Waals surface area (Å²) in [4.78, 5) is 2.51. The summed E-state index contributed by atoms with van der Waals surface area (Å²) in [6.07, 6.45) is 10.2. The van der Waals surface area contributed by atoms with Crippen molar-refractivity contribution in [2.75, 3.05) is 86.6 Å². The Kier molecular flexibility index (Phi) is 11.9. The summed E-state index contributed by atoms with van der Waals surface area (Å²) in [5.41, 5.74) is 7.99. The fourth-order valence-corrected chi connectivity index (χ4v) is 21.7. The van der Waals surface area contributed by atoms with Gasteiger partial charge in [-0.2, -0.15) is 5.50 Å². The quantitative estimate of drug-likeness (QED) is 0.254. The van der Waals surface area contributed by atoms with Gasteiger partial charge in [-0.15, -0.1) is 9.34 Å². The van der Waals surface area contributed by atoms with Crippen LogP contribution in [0.3, 0.4) is 0 Å². The first-order valence-electron chi connectivity index (χ1n) is 16.5. The Balaban J connectivity index is 1.84. The summed E-state index contributed by atoms with van der Waals surface area (Å²) in [5, 5.41) is -0.000489. The van der Waals surface area contributed by atoms with Gasteiger partial charge in [-0.25, -0.2) is 4.44 Å². The van der Waals surface area contributed by atoms with Crippen LogP contribution in [-0.2, 0) is 0 Å². The maximum Gasteiger partial charge on any atom is 0.350 e. The maximum absolute atomic E-state index is 7.82. The third kappa shape index (κ3) is 7.44. The van der Waals surface area contributed by atoms with E-state index in [0.29, 0.717) is 0 Å². The molecule has 4 heterocycles. The van der Waals surface area contributed by atoms with Crippen LogP contribution in [0.2, 0.25) is 0 Å². The van der Waals surface area contributed by atoms with Gasteiger partial charge in [0.25, 0.3) is 0 Å². The lowest BCUT2D eigenvalue weighted by atomic mass is 10.1. The smallest absolute Gasteiger partial charge is 0.300 e. The van der Waals surface area contributed by atoms with Crippen molar-refractivity contribution in [1.82, 2.24) is 32.7 Å². The Hall–Kier alpha value is 0.770. The van der Waals surface area contributed by atoms with Gasteiger partial charge in [0.05, 0.1) is 0 Å². The van der Waals surface area contributed by atoms with Crippen LogP contribution in [0.1, 0.15) is 92.9 Å². The standard InChI is InChI=1S/C29H65N9P3/c1-28(2,3)32(7)26-27-33(8)39(35-18-10-11-19-35)34(9)40(29(4,5)6,36-20-12-13-21-36)31-41(30,37-22-14-15-23-37)38-24-16-17-25-38/h10-27,30H2,1-9H3/q+1. The van der Waals surface area contributed by atoms with E-state index in [2.05, 4.69) is 95.4 Å². The van der Waals surface area contributed by atoms with E-state index in [-0.39, 0.29) is 10.7 Å². The van der Waals surface area contributed by atoms with Gasteiger partial charge in [0.1, 0.15) is 8.37 Å². The van der Waals surface area contributed by atoms with Crippen LogP contribution < -0.4 is 5.50 Å². The molecule has 0 aromatic rings. The molecule has 41 heavy (non-hydrogen) atoms. The first-order valence-corrected chi connectivity index (χ1v) is 21.1. The lowest BCUT2D eigenvalue weighted by Crippen LogP contribution is -2.45. The molecule has 0 spiro atoms. The molecule has 0 aliphatic carbocycles. The van der Waals surface area contributed by atoms with Gasteiger partial charge in [-0.1, -0.05) is 25.3 Å². The van der Waals surface area contributed by atoms with Gasteiger partial charge in [-0.05, 0) is 93.3 Å². The molecule has 4 rings (SSSR count). The average molecular weight is 633 g/mol. The Bertz CT molecular complexity index is 865. The summed E-state index contributed by atoms with van der Waals surface area (Å²) in [5.74, 6) is 0. The molecule has 0 amide bonds. The number of rotatable bonds is 11. The third-order valence-electron chi connectivity index (χ3n) is 9.84. The monoisotopic (exact) mass is 632 g/mol. The van der Waals surface area contributed by atoms with Crippen molar-refractivity contribution in [3.63, 3.8) is 0 Å². The summed E-state index contributed by atoms with van der Waals surface area (Å²) in [7, 11) is 1.91. The Labute approximate surface area is 256 Å². The minimum Gasteiger partial charge on any atom is -0.300 e. The number of nitrogens with two attached hydrogens (primary N) is 1. The van der Waals surface area contributed by atoms with E-state index < -0.39 is 23.6 Å². The molecule has 0 aromatic carbocycles. The number of hydrogen-bond donors (Lipinski definition) is 1. The molecule has 2 atom stereocenters. The summed E-state index contributed by atoms with van der Waals surface area (Å²) >= 11 is 0. The minimum absolute atomic E-state index is 0.000489. The van der Waals surface area contributed by atoms with Crippen LogP contribution in [0, 0.1) is 0 Å². The molecule has 2 N–H and O–H groups in total. The maximum atomic E-state index is 7.82. The molecule has 4 fully saturated rings. The summed E-state index contributed by atoms with van der Waals surface area (Å²) in [6.45, 7) is 25.7. The van der Waals surface area contributed by atoms with Crippen LogP contribution in [-0.4, -0.2) is 130 Å². The van der Waals surface area contributed by atoms with Crippen molar-refractivity contribution in [3.05, 3.63) is 0 Å². The largest absolute Gasteiger partial charge is 0.350 e. The van der Waals surface area contributed by atoms with Crippen LogP contribution in [0.5, 0.6) is 0 Å². The average Bonchev–Trinajstić information content (AvgIpc) is 3.71. The highest BCUT2D eigenvalue weighted by Crippen LogP contribution is 2.80. The molecular weight excluding hydrogens is 567 g/mol. The molecule has 0 bridgehead atoms. The van der Waals surface area contributed by atoms with Crippen molar-refractivity contribution in [3.8, 4) is 0 Å². The number of likely N-dealkylation sites (N-methyl/N-ethyl adjacent to an activating group) is 2. The zero-order valence-electron chi connectivity index (χ0n) is 28.2. The predicted octanol–water partition coefficient (Wildman–Crippen LogP) is 6.66. The van der Waals surface area contributed by atoms with Crippen LogP contribution in [0.25, 0.3) is 0 Å². The van der Waals surface area contributed by atoms with Crippen LogP contribution >= 0.6 is 23.6 Å². The van der Waals surface area contributed by atoms with Crippen molar-refractivity contribution in [2.45, 2.75) is 104 Å². The highest BCUT2D eigenvalue weighted by molar-refractivity contribution is 7.80. The van der Waals surface area contributed by atoms with Gasteiger partial charge >= 0.3 is 7.87 Å². The highest BCUT2D eigenvalue weighted by Gasteiger charge is 2.58. The van der Waals surface area contributed by atoms with Crippen molar-refractivity contribution in [2.24, 2.45) is 10.0 Å². The summed E-state index contributed by atoms with van der Waals surface area (Å²) in [6, 6.07) is 0. The van der Waals surface area contributed by atoms with Crippen molar-refractivity contribution in [1.29, 1.82) is 0 Å². The topological polar surface area (TPSA) is 61.1 Å². The zero-order valence-corrected chi connectivity index (χ0v) is 30.9. The van der Waals surface area contributed by atoms with E-state index in [1.165, 1.54) is 64.5 Å². The molecule has 9 nitrogen and oxygen atoms in total. The molecule has 4 aliphatic rings. The lowest BCUT2D eigenvalue weighted by Gasteiger charge is -2.53. The molecule has 4 saturated heterocycles. The van der Waals surface area contributed by atoms with Crippen molar-refractivity contribution < 1.29 is 0 Å². The highest BCUT2D eigenvalue weighted by atomic mass is 31.3. The molecular formula is C29H65N9P3+. The molecule has 2 unspecified atom stereocenters.